The smallest absolute Gasteiger partial charge is 0.241 e. The summed E-state index contributed by atoms with van der Waals surface area (Å²) in [4.78, 5) is 14.1. The van der Waals surface area contributed by atoms with Gasteiger partial charge in [-0.3, -0.25) is 4.79 Å². The van der Waals surface area contributed by atoms with Crippen molar-refractivity contribution in [3.63, 3.8) is 0 Å². The Hall–Kier alpha value is -1.66. The highest BCUT2D eigenvalue weighted by Gasteiger charge is 2.35. The molecular formula is C16H16F2N2OS. The minimum atomic E-state index is -0.647. The fourth-order valence-corrected chi connectivity index (χ4v) is 3.95. The molecule has 0 aromatic heterocycles. The number of carbonyl (C=O) groups is 1. The lowest BCUT2D eigenvalue weighted by Crippen LogP contribution is -2.48. The lowest BCUT2D eigenvalue weighted by Gasteiger charge is -2.33. The van der Waals surface area contributed by atoms with E-state index in [4.69, 9.17) is 5.73 Å². The van der Waals surface area contributed by atoms with Crippen LogP contribution in [0.15, 0.2) is 42.5 Å². The average Bonchev–Trinajstić information content (AvgIpc) is 2.59. The zero-order valence-corrected chi connectivity index (χ0v) is 12.6. The molecule has 1 aromatic carbocycles. The Morgan fingerprint density at radius 1 is 1.18 bits per heavy atom. The molecule has 1 amide bonds. The van der Waals surface area contributed by atoms with Crippen molar-refractivity contribution >= 4 is 17.7 Å². The molecule has 3 unspecified atom stereocenters. The first kappa shape index (κ1) is 15.2. The van der Waals surface area contributed by atoms with Crippen LogP contribution in [0.3, 0.4) is 0 Å². The van der Waals surface area contributed by atoms with Crippen LogP contribution in [0.4, 0.5) is 8.78 Å². The van der Waals surface area contributed by atoms with Gasteiger partial charge in [-0.25, -0.2) is 8.78 Å². The van der Waals surface area contributed by atoms with E-state index in [-0.39, 0.29) is 23.7 Å². The molecule has 2 aliphatic rings. The summed E-state index contributed by atoms with van der Waals surface area (Å²) >= 11 is 1.63. The van der Waals surface area contributed by atoms with Crippen LogP contribution in [0, 0.1) is 11.6 Å². The van der Waals surface area contributed by atoms with E-state index in [2.05, 4.69) is 0 Å². The van der Waals surface area contributed by atoms with Crippen molar-refractivity contribution in [1.82, 2.24) is 4.90 Å². The molecule has 3 atom stereocenters. The summed E-state index contributed by atoms with van der Waals surface area (Å²) in [6.07, 6.45) is 7.78. The number of hydrogen-bond donors (Lipinski definition) is 1. The van der Waals surface area contributed by atoms with Crippen LogP contribution < -0.4 is 5.73 Å². The maximum Gasteiger partial charge on any atom is 0.241 e. The van der Waals surface area contributed by atoms with Gasteiger partial charge in [0.15, 0.2) is 0 Å². The second-order valence-corrected chi connectivity index (χ2v) is 6.62. The van der Waals surface area contributed by atoms with E-state index in [1.54, 1.807) is 16.7 Å². The molecule has 2 N–H and O–H groups in total. The quantitative estimate of drug-likeness (QED) is 0.908. The van der Waals surface area contributed by atoms with E-state index in [1.165, 1.54) is 12.1 Å². The third-order valence-electron chi connectivity index (χ3n) is 3.76. The zero-order chi connectivity index (χ0) is 15.7. The Morgan fingerprint density at radius 3 is 2.59 bits per heavy atom. The minimum absolute atomic E-state index is 0.112. The highest BCUT2D eigenvalue weighted by Crippen LogP contribution is 2.30. The number of allylic oxidation sites excluding steroid dienone is 2. The molecule has 0 bridgehead atoms. The first-order valence-electron chi connectivity index (χ1n) is 7.02. The summed E-state index contributed by atoms with van der Waals surface area (Å²) in [5.74, 6) is -0.950. The Morgan fingerprint density at radius 2 is 1.86 bits per heavy atom. The van der Waals surface area contributed by atoms with E-state index in [0.717, 1.165) is 6.07 Å². The van der Waals surface area contributed by atoms with Gasteiger partial charge in [0.25, 0.3) is 0 Å². The zero-order valence-electron chi connectivity index (χ0n) is 11.8. The normalized spacial score (nSPS) is 27.7. The molecule has 1 aliphatic carbocycles. The van der Waals surface area contributed by atoms with Gasteiger partial charge in [-0.05, 0) is 17.7 Å². The fraction of sp³-hybridized carbons (Fsp3) is 0.312. The third kappa shape index (κ3) is 3.08. The van der Waals surface area contributed by atoms with Gasteiger partial charge in [-0.15, -0.1) is 11.8 Å². The lowest BCUT2D eigenvalue weighted by atomic mass is 10.0. The second-order valence-electron chi connectivity index (χ2n) is 5.41. The maximum atomic E-state index is 13.4. The predicted octanol–water partition coefficient (Wildman–Crippen LogP) is 2.23. The van der Waals surface area contributed by atoms with Crippen molar-refractivity contribution in [3.05, 3.63) is 59.7 Å². The predicted molar refractivity (Wildman–Crippen MR) is 83.2 cm³/mol. The summed E-state index contributed by atoms with van der Waals surface area (Å²) in [6.45, 7) is 0.140. The number of rotatable bonds is 2. The van der Waals surface area contributed by atoms with Crippen molar-refractivity contribution in [3.8, 4) is 0 Å². The molecule has 116 valence electrons. The monoisotopic (exact) mass is 322 g/mol. The number of amides is 1. The van der Waals surface area contributed by atoms with Gasteiger partial charge in [0, 0.05) is 23.6 Å². The van der Waals surface area contributed by atoms with E-state index in [1.807, 2.05) is 24.3 Å². The molecule has 22 heavy (non-hydrogen) atoms. The van der Waals surface area contributed by atoms with Crippen LogP contribution in [0.1, 0.15) is 5.56 Å². The number of nitrogens with two attached hydrogens (primary N) is 1. The Labute approximate surface area is 131 Å². The van der Waals surface area contributed by atoms with Gasteiger partial charge < -0.3 is 10.6 Å². The van der Waals surface area contributed by atoms with Gasteiger partial charge in [0.2, 0.25) is 5.91 Å². The third-order valence-corrected chi connectivity index (χ3v) is 5.13. The second kappa shape index (κ2) is 6.22. The van der Waals surface area contributed by atoms with E-state index < -0.39 is 17.7 Å². The van der Waals surface area contributed by atoms with Crippen LogP contribution in [-0.4, -0.2) is 33.9 Å². The number of hydrogen-bond acceptors (Lipinski definition) is 3. The molecule has 6 heteroatoms. The molecule has 1 aliphatic heterocycles. The maximum absolute atomic E-state index is 13.4. The first-order chi connectivity index (χ1) is 10.5. The van der Waals surface area contributed by atoms with Crippen molar-refractivity contribution in [2.45, 2.75) is 23.9 Å². The summed E-state index contributed by atoms with van der Waals surface area (Å²) in [5.41, 5.74) is 6.35. The molecular weight excluding hydrogens is 306 g/mol. The van der Waals surface area contributed by atoms with Gasteiger partial charge >= 0.3 is 0 Å². The molecule has 1 heterocycles. The van der Waals surface area contributed by atoms with E-state index in [0.29, 0.717) is 11.3 Å². The minimum Gasteiger partial charge on any atom is -0.329 e. The molecule has 1 fully saturated rings. The van der Waals surface area contributed by atoms with Gasteiger partial charge in [-0.2, -0.15) is 0 Å². The van der Waals surface area contributed by atoms with Gasteiger partial charge in [0.1, 0.15) is 11.6 Å². The summed E-state index contributed by atoms with van der Waals surface area (Å²) in [5, 5.41) is 0.112. The number of carbonyl (C=O) groups excluding carboxylic acids is 1. The molecule has 3 rings (SSSR count). The Bertz CT molecular complexity index is 627. The van der Waals surface area contributed by atoms with Crippen molar-refractivity contribution < 1.29 is 13.6 Å². The van der Waals surface area contributed by atoms with E-state index >= 15 is 0 Å². The van der Waals surface area contributed by atoms with Gasteiger partial charge in [-0.1, -0.05) is 24.3 Å². The van der Waals surface area contributed by atoms with Crippen molar-refractivity contribution in [1.29, 1.82) is 0 Å². The number of fused-ring (bicyclic) bond motifs is 1. The highest BCUT2D eigenvalue weighted by atomic mass is 32.2. The number of benzene rings is 1. The molecule has 0 saturated carbocycles. The largest absolute Gasteiger partial charge is 0.329 e. The SMILES string of the molecule is NC1CSC2C=CC=CC2N(Cc2cc(F)cc(F)c2)C1=O. The van der Waals surface area contributed by atoms with Crippen molar-refractivity contribution in [2.24, 2.45) is 5.73 Å². The molecule has 3 nitrogen and oxygen atoms in total. The van der Waals surface area contributed by atoms with Crippen LogP contribution in [0.25, 0.3) is 0 Å². The molecule has 1 saturated heterocycles. The Balaban J connectivity index is 1.91. The van der Waals surface area contributed by atoms with Crippen LogP contribution in [0.2, 0.25) is 0 Å². The fourth-order valence-electron chi connectivity index (χ4n) is 2.74. The van der Waals surface area contributed by atoms with Crippen LogP contribution >= 0.6 is 11.8 Å². The lowest BCUT2D eigenvalue weighted by molar-refractivity contribution is -0.133. The average molecular weight is 322 g/mol. The summed E-state index contributed by atoms with van der Waals surface area (Å²) in [7, 11) is 0. The number of halogens is 2. The topological polar surface area (TPSA) is 46.3 Å². The molecule has 0 spiro atoms. The molecule has 1 aromatic rings. The molecule has 0 radical (unpaired) electrons. The number of thioether (sulfide) groups is 1. The van der Waals surface area contributed by atoms with Gasteiger partial charge in [0.05, 0.1) is 12.1 Å². The first-order valence-corrected chi connectivity index (χ1v) is 8.07. The van der Waals surface area contributed by atoms with Crippen molar-refractivity contribution in [2.75, 3.05) is 5.75 Å². The van der Waals surface area contributed by atoms with E-state index in [9.17, 15) is 13.6 Å². The summed E-state index contributed by atoms with van der Waals surface area (Å²) in [6, 6.07) is 2.56. The van der Waals surface area contributed by atoms with Crippen LogP contribution in [0.5, 0.6) is 0 Å². The summed E-state index contributed by atoms with van der Waals surface area (Å²) < 4.78 is 26.7. The number of nitrogens with zero attached hydrogens (tertiary/aromatic N) is 1. The van der Waals surface area contributed by atoms with Crippen LogP contribution in [-0.2, 0) is 11.3 Å². The Kier molecular flexibility index (Phi) is 4.31. The standard InChI is InChI=1S/C16H16F2N2OS/c17-11-5-10(6-12(18)7-11)8-20-14-3-1-2-4-15(14)22-9-13(19)16(20)21/h1-7,13-15H,8-9,19H2. The highest BCUT2D eigenvalue weighted by molar-refractivity contribution is 8.00.